The van der Waals surface area contributed by atoms with Gasteiger partial charge < -0.3 is 5.43 Å². The van der Waals surface area contributed by atoms with Crippen LogP contribution in [-0.2, 0) is 12.7 Å². The standard InChI is InChI=1S/C15H13F3N2/c16-15(17,18)14-8-6-13(7-9-14)11-20-19-10-12-4-2-1-3-5-12/h1-9,11,19H,10H2. The number of hydrogen-bond donors (Lipinski definition) is 1. The molecule has 104 valence electrons. The quantitative estimate of drug-likeness (QED) is 0.667. The highest BCUT2D eigenvalue weighted by Gasteiger charge is 2.29. The van der Waals surface area contributed by atoms with Gasteiger partial charge in [-0.2, -0.15) is 18.3 Å². The number of rotatable bonds is 4. The van der Waals surface area contributed by atoms with Crippen LogP contribution >= 0.6 is 0 Å². The summed E-state index contributed by atoms with van der Waals surface area (Å²) < 4.78 is 37.1. The molecule has 0 aliphatic heterocycles. The van der Waals surface area contributed by atoms with Crippen LogP contribution in [0.2, 0.25) is 0 Å². The van der Waals surface area contributed by atoms with Crippen molar-refractivity contribution in [3.05, 3.63) is 71.3 Å². The summed E-state index contributed by atoms with van der Waals surface area (Å²) >= 11 is 0. The fourth-order valence-corrected chi connectivity index (χ4v) is 1.61. The minimum absolute atomic E-state index is 0.567. The molecule has 2 aromatic carbocycles. The normalized spacial score (nSPS) is 11.8. The first kappa shape index (κ1) is 14.1. The van der Waals surface area contributed by atoms with Gasteiger partial charge in [-0.15, -0.1) is 0 Å². The molecule has 0 fully saturated rings. The maximum absolute atomic E-state index is 12.4. The molecule has 2 nitrogen and oxygen atoms in total. The average Bonchev–Trinajstić information content (AvgIpc) is 2.44. The predicted octanol–water partition coefficient (Wildman–Crippen LogP) is 3.83. The number of nitrogens with one attached hydrogen (secondary N) is 1. The van der Waals surface area contributed by atoms with E-state index in [2.05, 4.69) is 10.5 Å². The van der Waals surface area contributed by atoms with Crippen molar-refractivity contribution in [2.45, 2.75) is 12.7 Å². The SMILES string of the molecule is FC(F)(F)c1ccc(C=NNCc2ccccc2)cc1. The fourth-order valence-electron chi connectivity index (χ4n) is 1.61. The van der Waals surface area contributed by atoms with E-state index in [-0.39, 0.29) is 0 Å². The third kappa shape index (κ3) is 4.12. The second-order valence-corrected chi connectivity index (χ2v) is 4.20. The van der Waals surface area contributed by atoms with Gasteiger partial charge in [0.2, 0.25) is 0 Å². The first-order valence-electron chi connectivity index (χ1n) is 6.03. The van der Waals surface area contributed by atoms with E-state index < -0.39 is 11.7 Å². The van der Waals surface area contributed by atoms with Crippen LogP contribution in [0.3, 0.4) is 0 Å². The molecule has 0 bridgehead atoms. The lowest BCUT2D eigenvalue weighted by Gasteiger charge is -2.05. The van der Waals surface area contributed by atoms with Crippen LogP contribution in [0.25, 0.3) is 0 Å². The van der Waals surface area contributed by atoms with Crippen molar-refractivity contribution in [2.24, 2.45) is 5.10 Å². The van der Waals surface area contributed by atoms with Gasteiger partial charge in [0, 0.05) is 0 Å². The summed E-state index contributed by atoms with van der Waals surface area (Å²) in [6.07, 6.45) is -2.82. The van der Waals surface area contributed by atoms with E-state index in [0.29, 0.717) is 12.1 Å². The van der Waals surface area contributed by atoms with Crippen LogP contribution in [0.1, 0.15) is 16.7 Å². The Hall–Kier alpha value is -2.30. The van der Waals surface area contributed by atoms with Crippen molar-refractivity contribution in [3.63, 3.8) is 0 Å². The van der Waals surface area contributed by atoms with Crippen molar-refractivity contribution in [2.75, 3.05) is 0 Å². The van der Waals surface area contributed by atoms with Gasteiger partial charge in [-0.25, -0.2) is 0 Å². The zero-order chi connectivity index (χ0) is 14.4. The molecule has 0 heterocycles. The number of hydrazone groups is 1. The molecular formula is C15H13F3N2. The zero-order valence-electron chi connectivity index (χ0n) is 10.6. The molecule has 0 radical (unpaired) electrons. The molecule has 0 amide bonds. The molecule has 20 heavy (non-hydrogen) atoms. The van der Waals surface area contributed by atoms with E-state index >= 15 is 0 Å². The maximum atomic E-state index is 12.4. The molecule has 0 aromatic heterocycles. The number of benzene rings is 2. The molecule has 0 unspecified atom stereocenters. The van der Waals surface area contributed by atoms with Crippen molar-refractivity contribution in [3.8, 4) is 0 Å². The van der Waals surface area contributed by atoms with Crippen LogP contribution < -0.4 is 5.43 Å². The summed E-state index contributed by atoms with van der Waals surface area (Å²) in [7, 11) is 0. The summed E-state index contributed by atoms with van der Waals surface area (Å²) in [4.78, 5) is 0. The lowest BCUT2D eigenvalue weighted by molar-refractivity contribution is -0.137. The van der Waals surface area contributed by atoms with E-state index in [1.165, 1.54) is 18.3 Å². The van der Waals surface area contributed by atoms with E-state index in [1.54, 1.807) is 0 Å². The van der Waals surface area contributed by atoms with E-state index in [0.717, 1.165) is 17.7 Å². The highest BCUT2D eigenvalue weighted by molar-refractivity contribution is 5.79. The molecule has 0 saturated carbocycles. The monoisotopic (exact) mass is 278 g/mol. The Morgan fingerprint density at radius 2 is 1.60 bits per heavy atom. The van der Waals surface area contributed by atoms with Crippen LogP contribution in [0.4, 0.5) is 13.2 Å². The Morgan fingerprint density at radius 1 is 0.950 bits per heavy atom. The third-order valence-corrected chi connectivity index (χ3v) is 2.67. The summed E-state index contributed by atoms with van der Waals surface area (Å²) in [5.41, 5.74) is 3.87. The number of nitrogens with zero attached hydrogens (tertiary/aromatic N) is 1. The number of halogens is 3. The van der Waals surface area contributed by atoms with Crippen LogP contribution in [0.5, 0.6) is 0 Å². The van der Waals surface area contributed by atoms with E-state index in [9.17, 15) is 13.2 Å². The lowest BCUT2D eigenvalue weighted by Crippen LogP contribution is -2.06. The van der Waals surface area contributed by atoms with Gasteiger partial charge in [0.25, 0.3) is 0 Å². The molecule has 0 spiro atoms. The highest BCUT2D eigenvalue weighted by atomic mass is 19.4. The third-order valence-electron chi connectivity index (χ3n) is 2.67. The van der Waals surface area contributed by atoms with Gasteiger partial charge in [-0.1, -0.05) is 42.5 Å². The Balaban J connectivity index is 1.89. The van der Waals surface area contributed by atoms with Gasteiger partial charge in [-0.05, 0) is 23.3 Å². The molecule has 2 rings (SSSR count). The van der Waals surface area contributed by atoms with Gasteiger partial charge >= 0.3 is 6.18 Å². The highest BCUT2D eigenvalue weighted by Crippen LogP contribution is 2.28. The minimum Gasteiger partial charge on any atom is -0.306 e. The largest absolute Gasteiger partial charge is 0.416 e. The molecule has 2 aromatic rings. The van der Waals surface area contributed by atoms with Crippen molar-refractivity contribution >= 4 is 6.21 Å². The molecule has 0 aliphatic rings. The first-order chi connectivity index (χ1) is 9.55. The van der Waals surface area contributed by atoms with Gasteiger partial charge in [-0.3, -0.25) is 0 Å². The maximum Gasteiger partial charge on any atom is 0.416 e. The second-order valence-electron chi connectivity index (χ2n) is 4.20. The van der Waals surface area contributed by atoms with Crippen molar-refractivity contribution < 1.29 is 13.2 Å². The summed E-state index contributed by atoms with van der Waals surface area (Å²) in [5, 5.41) is 3.97. The van der Waals surface area contributed by atoms with Crippen LogP contribution in [-0.4, -0.2) is 6.21 Å². The Bertz CT molecular complexity index is 560. The number of hydrogen-bond acceptors (Lipinski definition) is 2. The zero-order valence-corrected chi connectivity index (χ0v) is 10.6. The summed E-state index contributed by atoms with van der Waals surface area (Å²) in [5.74, 6) is 0. The smallest absolute Gasteiger partial charge is 0.306 e. The predicted molar refractivity (Wildman–Crippen MR) is 72.3 cm³/mol. The Morgan fingerprint density at radius 3 is 2.20 bits per heavy atom. The van der Waals surface area contributed by atoms with Gasteiger partial charge in [0.15, 0.2) is 0 Å². The van der Waals surface area contributed by atoms with Gasteiger partial charge in [0.05, 0.1) is 18.3 Å². The molecule has 5 heteroatoms. The Labute approximate surface area is 114 Å². The molecule has 0 saturated heterocycles. The minimum atomic E-state index is -4.30. The van der Waals surface area contributed by atoms with E-state index in [4.69, 9.17) is 0 Å². The Kier molecular flexibility index (Phi) is 4.40. The summed E-state index contributed by atoms with van der Waals surface area (Å²) in [6, 6.07) is 14.5. The van der Waals surface area contributed by atoms with Crippen molar-refractivity contribution in [1.82, 2.24) is 5.43 Å². The van der Waals surface area contributed by atoms with E-state index in [1.807, 2.05) is 30.3 Å². The van der Waals surface area contributed by atoms with Crippen LogP contribution in [0.15, 0.2) is 59.7 Å². The topological polar surface area (TPSA) is 24.4 Å². The van der Waals surface area contributed by atoms with Crippen molar-refractivity contribution in [1.29, 1.82) is 0 Å². The first-order valence-corrected chi connectivity index (χ1v) is 6.03. The van der Waals surface area contributed by atoms with Crippen LogP contribution in [0, 0.1) is 0 Å². The number of alkyl halides is 3. The lowest BCUT2D eigenvalue weighted by atomic mass is 10.1. The summed E-state index contributed by atoms with van der Waals surface area (Å²) in [6.45, 7) is 0.567. The molecule has 1 N–H and O–H groups in total. The molecule has 0 aliphatic carbocycles. The fraction of sp³-hybridized carbons (Fsp3) is 0.133. The molecule has 0 atom stereocenters. The average molecular weight is 278 g/mol. The van der Waals surface area contributed by atoms with Gasteiger partial charge in [0.1, 0.15) is 0 Å². The molecular weight excluding hydrogens is 265 g/mol. The second kappa shape index (κ2) is 6.23.